The molecule has 0 aliphatic carbocycles. The maximum Gasteiger partial charge on any atom is 0.306 e. The molecule has 1 N–H and O–H groups in total. The third-order valence-electron chi connectivity index (χ3n) is 3.16. The zero-order valence-corrected chi connectivity index (χ0v) is 10.2. The van der Waals surface area contributed by atoms with Crippen molar-refractivity contribution >= 4 is 16.9 Å². The minimum absolute atomic E-state index is 0.346. The van der Waals surface area contributed by atoms with Crippen molar-refractivity contribution < 1.29 is 9.90 Å². The lowest BCUT2D eigenvalue weighted by atomic mass is 9.99. The minimum atomic E-state index is -0.739. The molecular formula is C14H17NO2. The van der Waals surface area contributed by atoms with Gasteiger partial charge in [0.15, 0.2) is 0 Å². The van der Waals surface area contributed by atoms with Crippen molar-refractivity contribution in [3.63, 3.8) is 0 Å². The number of nitrogens with zero attached hydrogens (tertiary/aromatic N) is 1. The van der Waals surface area contributed by atoms with Crippen LogP contribution in [0.15, 0.2) is 30.5 Å². The Kier molecular flexibility index (Phi) is 3.18. The molecule has 0 saturated carbocycles. The van der Waals surface area contributed by atoms with Crippen molar-refractivity contribution in [1.82, 2.24) is 4.57 Å². The summed E-state index contributed by atoms with van der Waals surface area (Å²) in [7, 11) is 0. The maximum absolute atomic E-state index is 10.9. The number of aliphatic carboxylic acids is 1. The molecule has 1 aromatic carbocycles. The minimum Gasteiger partial charge on any atom is -0.481 e. The molecule has 2 rings (SSSR count). The summed E-state index contributed by atoms with van der Waals surface area (Å²) in [5.41, 5.74) is 2.28. The van der Waals surface area contributed by atoms with Gasteiger partial charge < -0.3 is 9.67 Å². The van der Waals surface area contributed by atoms with Gasteiger partial charge in [-0.3, -0.25) is 4.79 Å². The van der Waals surface area contributed by atoms with E-state index < -0.39 is 5.97 Å². The summed E-state index contributed by atoms with van der Waals surface area (Å²) in [4.78, 5) is 10.9. The van der Waals surface area contributed by atoms with Crippen molar-refractivity contribution in [1.29, 1.82) is 0 Å². The molecule has 0 fully saturated rings. The van der Waals surface area contributed by atoms with Gasteiger partial charge in [0.2, 0.25) is 0 Å². The number of hydrogen-bond acceptors (Lipinski definition) is 1. The van der Waals surface area contributed by atoms with E-state index in [-0.39, 0.29) is 5.92 Å². The van der Waals surface area contributed by atoms with Crippen LogP contribution in [0.3, 0.4) is 0 Å². The molecule has 0 amide bonds. The van der Waals surface area contributed by atoms with Gasteiger partial charge in [-0.25, -0.2) is 0 Å². The Morgan fingerprint density at radius 1 is 1.41 bits per heavy atom. The topological polar surface area (TPSA) is 42.2 Å². The van der Waals surface area contributed by atoms with Gasteiger partial charge in [0.25, 0.3) is 0 Å². The molecular weight excluding hydrogens is 214 g/mol. The van der Waals surface area contributed by atoms with Crippen LogP contribution in [0, 0.1) is 5.92 Å². The lowest BCUT2D eigenvalue weighted by Crippen LogP contribution is -2.13. The molecule has 1 heterocycles. The number of hydrogen-bond donors (Lipinski definition) is 1. The van der Waals surface area contributed by atoms with Gasteiger partial charge in [-0.15, -0.1) is 0 Å². The summed E-state index contributed by atoms with van der Waals surface area (Å²) in [6, 6.07) is 8.16. The molecule has 0 spiro atoms. The molecule has 0 aliphatic heterocycles. The Morgan fingerprint density at radius 3 is 2.82 bits per heavy atom. The van der Waals surface area contributed by atoms with E-state index in [0.29, 0.717) is 6.42 Å². The predicted octanol–water partition coefficient (Wildman–Crippen LogP) is 2.92. The van der Waals surface area contributed by atoms with Crippen LogP contribution in [0.1, 0.15) is 19.4 Å². The molecule has 90 valence electrons. The highest BCUT2D eigenvalue weighted by Crippen LogP contribution is 2.22. The highest BCUT2D eigenvalue weighted by molar-refractivity contribution is 5.84. The lowest BCUT2D eigenvalue weighted by molar-refractivity contribution is -0.141. The molecule has 17 heavy (non-hydrogen) atoms. The Morgan fingerprint density at radius 2 is 2.18 bits per heavy atom. The Labute approximate surface area is 101 Å². The molecule has 2 aromatic rings. The van der Waals surface area contributed by atoms with Crippen molar-refractivity contribution in [2.75, 3.05) is 0 Å². The third kappa shape index (κ3) is 2.18. The first kappa shape index (κ1) is 11.7. The molecule has 1 aromatic heterocycles. The van der Waals surface area contributed by atoms with Crippen LogP contribution in [0.5, 0.6) is 0 Å². The van der Waals surface area contributed by atoms with Gasteiger partial charge in [-0.2, -0.15) is 0 Å². The molecule has 3 heteroatoms. The fourth-order valence-electron chi connectivity index (χ4n) is 2.19. The van der Waals surface area contributed by atoms with Crippen LogP contribution in [-0.2, 0) is 17.8 Å². The van der Waals surface area contributed by atoms with E-state index in [9.17, 15) is 4.79 Å². The molecule has 1 atom stereocenters. The second-order valence-corrected chi connectivity index (χ2v) is 4.40. The second-order valence-electron chi connectivity index (χ2n) is 4.40. The zero-order chi connectivity index (χ0) is 12.4. The zero-order valence-electron chi connectivity index (χ0n) is 10.2. The number of aromatic nitrogens is 1. The van der Waals surface area contributed by atoms with Crippen LogP contribution < -0.4 is 0 Å². The van der Waals surface area contributed by atoms with E-state index in [1.165, 1.54) is 10.9 Å². The monoisotopic (exact) mass is 231 g/mol. The van der Waals surface area contributed by atoms with Gasteiger partial charge >= 0.3 is 5.97 Å². The van der Waals surface area contributed by atoms with Crippen molar-refractivity contribution in [2.24, 2.45) is 5.92 Å². The molecule has 0 aliphatic rings. The number of benzene rings is 1. The van der Waals surface area contributed by atoms with Crippen molar-refractivity contribution in [3.05, 3.63) is 36.0 Å². The number of carboxylic acid groups (broad SMARTS) is 1. The normalized spacial score (nSPS) is 12.8. The van der Waals surface area contributed by atoms with Crippen LogP contribution in [-0.4, -0.2) is 15.6 Å². The van der Waals surface area contributed by atoms with Crippen LogP contribution >= 0.6 is 0 Å². The fraction of sp³-hybridized carbons (Fsp3) is 0.357. The Bertz CT molecular complexity index is 542. The quantitative estimate of drug-likeness (QED) is 0.879. The number of aryl methyl sites for hydroxylation is 1. The van der Waals surface area contributed by atoms with Gasteiger partial charge in [0.05, 0.1) is 11.4 Å². The first-order valence-corrected chi connectivity index (χ1v) is 5.93. The average molecular weight is 231 g/mol. The molecule has 1 unspecified atom stereocenters. The van der Waals surface area contributed by atoms with Gasteiger partial charge in [0.1, 0.15) is 0 Å². The van der Waals surface area contributed by atoms with Gasteiger partial charge in [0, 0.05) is 12.7 Å². The average Bonchev–Trinajstić information content (AvgIpc) is 2.72. The summed E-state index contributed by atoms with van der Waals surface area (Å²) in [5.74, 6) is -1.09. The second kappa shape index (κ2) is 4.62. The fourth-order valence-corrected chi connectivity index (χ4v) is 2.19. The Balaban J connectivity index is 2.45. The van der Waals surface area contributed by atoms with Crippen LogP contribution in [0.4, 0.5) is 0 Å². The maximum atomic E-state index is 10.9. The van der Waals surface area contributed by atoms with Crippen LogP contribution in [0.2, 0.25) is 0 Å². The summed E-state index contributed by atoms with van der Waals surface area (Å²) < 4.78 is 2.17. The summed E-state index contributed by atoms with van der Waals surface area (Å²) in [5, 5.41) is 10.2. The largest absolute Gasteiger partial charge is 0.481 e. The number of carboxylic acids is 1. The Hall–Kier alpha value is -1.77. The van der Waals surface area contributed by atoms with Crippen molar-refractivity contribution in [2.45, 2.75) is 26.8 Å². The first-order valence-electron chi connectivity index (χ1n) is 5.93. The highest BCUT2D eigenvalue weighted by atomic mass is 16.4. The smallest absolute Gasteiger partial charge is 0.306 e. The van der Waals surface area contributed by atoms with E-state index in [1.807, 2.05) is 12.1 Å². The number of carbonyl (C=O) groups is 1. The SMILES string of the molecule is CCn1ccc2cccc(CC(C)C(=O)O)c21. The van der Waals surface area contributed by atoms with Gasteiger partial charge in [-0.1, -0.05) is 25.1 Å². The summed E-state index contributed by atoms with van der Waals surface area (Å²) >= 11 is 0. The van der Waals surface area contributed by atoms with E-state index in [4.69, 9.17) is 5.11 Å². The number of fused-ring (bicyclic) bond motifs is 1. The molecule has 3 nitrogen and oxygen atoms in total. The third-order valence-corrected chi connectivity index (χ3v) is 3.16. The number of para-hydroxylation sites is 1. The van der Waals surface area contributed by atoms with E-state index in [1.54, 1.807) is 6.92 Å². The van der Waals surface area contributed by atoms with E-state index >= 15 is 0 Å². The summed E-state index contributed by atoms with van der Waals surface area (Å²) in [6.07, 6.45) is 2.64. The molecule has 0 saturated heterocycles. The lowest BCUT2D eigenvalue weighted by Gasteiger charge is -2.10. The summed E-state index contributed by atoms with van der Waals surface area (Å²) in [6.45, 7) is 4.75. The molecule has 0 bridgehead atoms. The van der Waals surface area contributed by atoms with Crippen LogP contribution in [0.25, 0.3) is 10.9 Å². The first-order chi connectivity index (χ1) is 8.13. The standard InChI is InChI=1S/C14H17NO2/c1-3-15-8-7-11-5-4-6-12(13(11)15)9-10(2)14(16)17/h4-8,10H,3,9H2,1-2H3,(H,16,17). The van der Waals surface area contributed by atoms with E-state index in [0.717, 1.165) is 12.1 Å². The highest BCUT2D eigenvalue weighted by Gasteiger charge is 2.14. The van der Waals surface area contributed by atoms with E-state index in [2.05, 4.69) is 29.8 Å². The number of rotatable bonds is 4. The molecule has 0 radical (unpaired) electrons. The predicted molar refractivity (Wildman–Crippen MR) is 68.1 cm³/mol. The van der Waals surface area contributed by atoms with Gasteiger partial charge in [-0.05, 0) is 30.4 Å². The van der Waals surface area contributed by atoms with Crippen molar-refractivity contribution in [3.8, 4) is 0 Å².